The van der Waals surface area contributed by atoms with Gasteiger partial charge in [0, 0.05) is 29.9 Å². The molecule has 14 heteroatoms. The van der Waals surface area contributed by atoms with Crippen LogP contribution in [0.2, 0.25) is 0 Å². The molecule has 0 fully saturated rings. The summed E-state index contributed by atoms with van der Waals surface area (Å²) in [7, 11) is 0. The highest BCUT2D eigenvalue weighted by molar-refractivity contribution is 5.95. The first-order chi connectivity index (χ1) is 19.5. The number of hydrogen-bond donors (Lipinski definition) is 9. The number of fused-ring (bicyclic) bond motifs is 1. The second kappa shape index (κ2) is 13.9. The second-order valence-corrected chi connectivity index (χ2v) is 9.34. The Labute approximate surface area is 233 Å². The fourth-order valence-corrected chi connectivity index (χ4v) is 4.10. The number of para-hydroxylation sites is 1. The Morgan fingerprint density at radius 2 is 1.41 bits per heavy atom. The fourth-order valence-electron chi connectivity index (χ4n) is 4.10. The second-order valence-electron chi connectivity index (χ2n) is 9.34. The molecule has 3 aromatic rings. The number of aromatic amines is 1. The van der Waals surface area contributed by atoms with Crippen LogP contribution in [0, 0.1) is 0 Å². The number of nitrogens with one attached hydrogen (secondary N) is 4. The van der Waals surface area contributed by atoms with Crippen LogP contribution < -0.4 is 21.7 Å². The number of H-pyrrole nitrogens is 1. The van der Waals surface area contributed by atoms with Crippen molar-refractivity contribution in [1.82, 2.24) is 20.9 Å². The monoisotopic (exact) mass is 569 g/mol. The van der Waals surface area contributed by atoms with E-state index in [2.05, 4.69) is 20.9 Å². The van der Waals surface area contributed by atoms with E-state index < -0.39 is 66.9 Å². The Morgan fingerprint density at radius 3 is 2.05 bits per heavy atom. The van der Waals surface area contributed by atoms with Gasteiger partial charge >= 0.3 is 11.9 Å². The Hall–Kier alpha value is -4.95. The summed E-state index contributed by atoms with van der Waals surface area (Å²) >= 11 is 0. The molecule has 3 rings (SSSR count). The van der Waals surface area contributed by atoms with Crippen LogP contribution in [-0.2, 0) is 36.8 Å². The first-order valence-electron chi connectivity index (χ1n) is 12.5. The van der Waals surface area contributed by atoms with Crippen molar-refractivity contribution in [3.8, 4) is 5.75 Å². The van der Waals surface area contributed by atoms with Crippen LogP contribution in [0.5, 0.6) is 5.75 Å². The molecule has 0 radical (unpaired) electrons. The van der Waals surface area contributed by atoms with Crippen molar-refractivity contribution in [3.63, 3.8) is 0 Å². The Morgan fingerprint density at radius 1 is 0.805 bits per heavy atom. The van der Waals surface area contributed by atoms with Crippen LogP contribution in [-0.4, -0.2) is 85.8 Å². The number of rotatable bonds is 14. The van der Waals surface area contributed by atoms with Gasteiger partial charge in [0.1, 0.15) is 23.9 Å². The van der Waals surface area contributed by atoms with Gasteiger partial charge in [-0.1, -0.05) is 30.3 Å². The van der Waals surface area contributed by atoms with E-state index in [1.54, 1.807) is 18.3 Å². The predicted molar refractivity (Wildman–Crippen MR) is 145 cm³/mol. The number of hydrogen-bond acceptors (Lipinski definition) is 8. The van der Waals surface area contributed by atoms with Crippen LogP contribution in [0.4, 0.5) is 0 Å². The van der Waals surface area contributed by atoms with Gasteiger partial charge in [-0.2, -0.15) is 0 Å². The number of phenolic OH excluding ortho intramolecular Hbond substituents is 1. The highest BCUT2D eigenvalue weighted by Crippen LogP contribution is 2.19. The van der Waals surface area contributed by atoms with Crippen molar-refractivity contribution in [2.45, 2.75) is 43.4 Å². The topological polar surface area (TPSA) is 244 Å². The highest BCUT2D eigenvalue weighted by Gasteiger charge is 2.31. The van der Waals surface area contributed by atoms with Gasteiger partial charge in [-0.3, -0.25) is 19.2 Å². The third-order valence-electron chi connectivity index (χ3n) is 6.27. The molecule has 41 heavy (non-hydrogen) atoms. The lowest BCUT2D eigenvalue weighted by Gasteiger charge is -2.24. The maximum Gasteiger partial charge on any atom is 0.326 e. The maximum absolute atomic E-state index is 13.1. The molecular formula is C27H31N5O9. The predicted octanol–water partition coefficient (Wildman–Crippen LogP) is -1.01. The van der Waals surface area contributed by atoms with E-state index in [-0.39, 0.29) is 18.6 Å². The summed E-state index contributed by atoms with van der Waals surface area (Å²) in [4.78, 5) is 64.4. The van der Waals surface area contributed by atoms with E-state index in [9.17, 15) is 39.3 Å². The molecule has 4 atom stereocenters. The lowest BCUT2D eigenvalue weighted by atomic mass is 10.0. The quantitative estimate of drug-likeness (QED) is 0.114. The smallest absolute Gasteiger partial charge is 0.326 e. The van der Waals surface area contributed by atoms with Crippen molar-refractivity contribution in [1.29, 1.82) is 0 Å². The zero-order chi connectivity index (χ0) is 30.1. The van der Waals surface area contributed by atoms with Crippen LogP contribution in [0.1, 0.15) is 17.5 Å². The summed E-state index contributed by atoms with van der Waals surface area (Å²) in [6.07, 6.45) is 0.700. The SMILES string of the molecule is NC(CC(=O)O)C(=O)NC(Cc1ccc(O)cc1)C(=O)NC(CO)C(=O)NC(Cc1c[nH]c2ccccc12)C(=O)O. The number of carboxylic acid groups (broad SMARTS) is 2. The molecular weight excluding hydrogens is 538 g/mol. The summed E-state index contributed by atoms with van der Waals surface area (Å²) < 4.78 is 0. The third-order valence-corrected chi connectivity index (χ3v) is 6.27. The average molecular weight is 570 g/mol. The minimum absolute atomic E-state index is 0.0418. The van der Waals surface area contributed by atoms with E-state index in [0.29, 0.717) is 11.1 Å². The number of aromatic hydroxyl groups is 1. The number of carbonyl (C=O) groups is 5. The largest absolute Gasteiger partial charge is 0.508 e. The van der Waals surface area contributed by atoms with Gasteiger partial charge < -0.3 is 47.1 Å². The first kappa shape index (κ1) is 30.6. The lowest BCUT2D eigenvalue weighted by molar-refractivity contribution is -0.142. The number of aliphatic hydroxyl groups is 1. The molecule has 0 aliphatic rings. The van der Waals surface area contributed by atoms with Crippen molar-refractivity contribution < 1.29 is 44.4 Å². The number of carboxylic acids is 2. The van der Waals surface area contributed by atoms with E-state index in [1.165, 1.54) is 24.3 Å². The number of aliphatic carboxylic acids is 2. The van der Waals surface area contributed by atoms with Gasteiger partial charge in [0.2, 0.25) is 17.7 Å². The fraction of sp³-hybridized carbons (Fsp3) is 0.296. The molecule has 0 bridgehead atoms. The summed E-state index contributed by atoms with van der Waals surface area (Å²) in [5, 5.41) is 45.7. The normalized spacial score (nSPS) is 13.9. The van der Waals surface area contributed by atoms with Gasteiger partial charge in [0.05, 0.1) is 19.1 Å². The summed E-state index contributed by atoms with van der Waals surface area (Å²) in [5.74, 6) is -5.56. The zero-order valence-corrected chi connectivity index (χ0v) is 21.7. The van der Waals surface area contributed by atoms with E-state index >= 15 is 0 Å². The van der Waals surface area contributed by atoms with Crippen LogP contribution >= 0.6 is 0 Å². The Bertz CT molecular complexity index is 1410. The standard InChI is InChI=1S/C27H31N5O9/c28-18(11-23(35)36)24(37)30-20(9-14-5-7-16(34)8-6-14)25(38)32-22(13-33)26(39)31-21(27(40)41)10-15-12-29-19-4-2-1-3-17(15)19/h1-8,12,18,20-22,29,33-34H,9-11,13,28H2,(H,30,37)(H,31,39)(H,32,38)(H,35,36)(H,40,41). The van der Waals surface area contributed by atoms with Crippen molar-refractivity contribution in [2.24, 2.45) is 5.73 Å². The molecule has 0 aliphatic carbocycles. The molecule has 1 heterocycles. The number of aliphatic hydroxyl groups excluding tert-OH is 1. The number of phenols is 1. The Balaban J connectivity index is 1.73. The van der Waals surface area contributed by atoms with Gasteiger partial charge in [-0.15, -0.1) is 0 Å². The van der Waals surface area contributed by atoms with Gasteiger partial charge in [-0.25, -0.2) is 4.79 Å². The summed E-state index contributed by atoms with van der Waals surface area (Å²) in [5.41, 5.74) is 7.51. The van der Waals surface area contributed by atoms with E-state index in [0.717, 1.165) is 10.9 Å². The molecule has 4 unspecified atom stereocenters. The lowest BCUT2D eigenvalue weighted by Crippen LogP contribution is -2.58. The van der Waals surface area contributed by atoms with Crippen molar-refractivity contribution in [2.75, 3.05) is 6.61 Å². The number of carbonyl (C=O) groups excluding carboxylic acids is 3. The zero-order valence-electron chi connectivity index (χ0n) is 21.7. The molecule has 10 N–H and O–H groups in total. The molecule has 14 nitrogen and oxygen atoms in total. The van der Waals surface area contributed by atoms with Gasteiger partial charge in [0.15, 0.2) is 0 Å². The molecule has 1 aromatic heterocycles. The minimum atomic E-state index is -1.58. The Kier molecular flexibility index (Phi) is 10.4. The van der Waals surface area contributed by atoms with Crippen molar-refractivity contribution in [3.05, 3.63) is 65.9 Å². The number of aromatic nitrogens is 1. The summed E-state index contributed by atoms with van der Waals surface area (Å²) in [6, 6.07) is 7.06. The molecule has 0 saturated heterocycles. The van der Waals surface area contributed by atoms with Crippen LogP contribution in [0.3, 0.4) is 0 Å². The molecule has 218 valence electrons. The number of nitrogens with two attached hydrogens (primary N) is 1. The average Bonchev–Trinajstić information content (AvgIpc) is 3.34. The summed E-state index contributed by atoms with van der Waals surface area (Å²) in [6.45, 7) is -0.893. The van der Waals surface area contributed by atoms with Crippen molar-refractivity contribution >= 4 is 40.6 Å². The van der Waals surface area contributed by atoms with Gasteiger partial charge in [0.25, 0.3) is 0 Å². The highest BCUT2D eigenvalue weighted by atomic mass is 16.4. The first-order valence-corrected chi connectivity index (χ1v) is 12.5. The number of amides is 3. The molecule has 0 saturated carbocycles. The number of benzene rings is 2. The maximum atomic E-state index is 13.1. The van der Waals surface area contributed by atoms with E-state index in [4.69, 9.17) is 10.8 Å². The molecule has 0 aliphatic heterocycles. The van der Waals surface area contributed by atoms with Crippen LogP contribution in [0.25, 0.3) is 10.9 Å². The molecule has 2 aromatic carbocycles. The third kappa shape index (κ3) is 8.52. The molecule has 0 spiro atoms. The molecule has 3 amide bonds. The van der Waals surface area contributed by atoms with Crippen LogP contribution in [0.15, 0.2) is 54.7 Å². The van der Waals surface area contributed by atoms with E-state index in [1.807, 2.05) is 12.1 Å². The van der Waals surface area contributed by atoms with Gasteiger partial charge in [-0.05, 0) is 29.3 Å². The minimum Gasteiger partial charge on any atom is -0.508 e.